The maximum Gasteiger partial charge on any atom is 0.0199 e. The smallest absolute Gasteiger partial charge is 0.0199 e. The summed E-state index contributed by atoms with van der Waals surface area (Å²) in [6.45, 7) is 2.26. The molecule has 0 spiro atoms. The first-order valence-corrected chi connectivity index (χ1v) is 8.26. The molecular weight excluding hydrogens is 240 g/mol. The van der Waals surface area contributed by atoms with E-state index in [-0.39, 0.29) is 0 Å². The third kappa shape index (κ3) is 2.61. The first kappa shape index (κ1) is 13.7. The van der Waals surface area contributed by atoms with Gasteiger partial charge in [-0.15, -0.1) is 0 Å². The van der Waals surface area contributed by atoms with E-state index < -0.39 is 0 Å². The van der Waals surface area contributed by atoms with Crippen molar-refractivity contribution in [1.29, 1.82) is 0 Å². The summed E-state index contributed by atoms with van der Waals surface area (Å²) in [6, 6.07) is 0. The van der Waals surface area contributed by atoms with Crippen LogP contribution in [0.25, 0.3) is 0 Å². The standard InChI is InChI=1S/C20H26/c1-17-9-8-12-19(14-13-17)20(15-6-3-7-16-20)18-10-4-2-5-11-18/h4,8-14,17H,2-3,5-7,15-16H2,1H3. The number of hydrogen-bond acceptors (Lipinski definition) is 0. The van der Waals surface area contributed by atoms with Crippen LogP contribution >= 0.6 is 0 Å². The highest BCUT2D eigenvalue weighted by molar-refractivity contribution is 5.45. The molecule has 20 heavy (non-hydrogen) atoms. The first-order chi connectivity index (χ1) is 9.81. The van der Waals surface area contributed by atoms with Gasteiger partial charge in [-0.1, -0.05) is 74.8 Å². The normalized spacial score (nSPS) is 28.8. The van der Waals surface area contributed by atoms with Gasteiger partial charge in [0.2, 0.25) is 0 Å². The van der Waals surface area contributed by atoms with E-state index in [1.807, 2.05) is 0 Å². The van der Waals surface area contributed by atoms with E-state index >= 15 is 0 Å². The van der Waals surface area contributed by atoms with Crippen molar-refractivity contribution >= 4 is 0 Å². The molecule has 0 N–H and O–H groups in total. The fourth-order valence-electron chi connectivity index (χ4n) is 3.90. The van der Waals surface area contributed by atoms with E-state index in [0.717, 1.165) is 0 Å². The average Bonchev–Trinajstić information content (AvgIpc) is 2.74. The Balaban J connectivity index is 1.99. The van der Waals surface area contributed by atoms with Gasteiger partial charge in [-0.3, -0.25) is 0 Å². The van der Waals surface area contributed by atoms with E-state index in [9.17, 15) is 0 Å². The first-order valence-electron chi connectivity index (χ1n) is 8.26. The zero-order chi connectivity index (χ0) is 13.8. The molecule has 0 saturated heterocycles. The predicted molar refractivity (Wildman–Crippen MR) is 87.5 cm³/mol. The van der Waals surface area contributed by atoms with Gasteiger partial charge in [0.15, 0.2) is 0 Å². The summed E-state index contributed by atoms with van der Waals surface area (Å²) in [7, 11) is 0. The van der Waals surface area contributed by atoms with Gasteiger partial charge in [0, 0.05) is 5.41 Å². The molecule has 0 radical (unpaired) electrons. The van der Waals surface area contributed by atoms with Gasteiger partial charge in [-0.2, -0.15) is 0 Å². The summed E-state index contributed by atoms with van der Waals surface area (Å²) in [6.07, 6.45) is 28.2. The highest BCUT2D eigenvalue weighted by Gasteiger charge is 2.37. The summed E-state index contributed by atoms with van der Waals surface area (Å²) in [5, 5.41) is 0. The molecule has 0 amide bonds. The molecule has 0 aliphatic heterocycles. The van der Waals surface area contributed by atoms with Crippen LogP contribution < -0.4 is 0 Å². The van der Waals surface area contributed by atoms with Gasteiger partial charge >= 0.3 is 0 Å². The maximum atomic E-state index is 2.50. The maximum absolute atomic E-state index is 2.50. The van der Waals surface area contributed by atoms with Crippen LogP contribution in [0.4, 0.5) is 0 Å². The van der Waals surface area contributed by atoms with Crippen molar-refractivity contribution in [3.05, 3.63) is 59.8 Å². The molecular formula is C20H26. The number of hydrogen-bond donors (Lipinski definition) is 0. The lowest BCUT2D eigenvalue weighted by molar-refractivity contribution is 0.299. The zero-order valence-corrected chi connectivity index (χ0v) is 12.6. The molecule has 1 unspecified atom stereocenters. The van der Waals surface area contributed by atoms with Gasteiger partial charge in [-0.05, 0) is 42.7 Å². The van der Waals surface area contributed by atoms with E-state index in [2.05, 4.69) is 55.5 Å². The summed E-state index contributed by atoms with van der Waals surface area (Å²) < 4.78 is 0. The topological polar surface area (TPSA) is 0 Å². The molecule has 106 valence electrons. The highest BCUT2D eigenvalue weighted by Crippen LogP contribution is 2.50. The monoisotopic (exact) mass is 266 g/mol. The molecule has 3 aliphatic rings. The van der Waals surface area contributed by atoms with Crippen LogP contribution in [-0.2, 0) is 0 Å². The van der Waals surface area contributed by atoms with E-state index in [4.69, 9.17) is 0 Å². The molecule has 3 aliphatic carbocycles. The second-order valence-electron chi connectivity index (χ2n) is 6.51. The third-order valence-corrected chi connectivity index (χ3v) is 5.08. The molecule has 0 aromatic heterocycles. The lowest BCUT2D eigenvalue weighted by atomic mass is 9.63. The van der Waals surface area contributed by atoms with Crippen molar-refractivity contribution in [2.45, 2.75) is 51.9 Å². The molecule has 0 heteroatoms. The van der Waals surface area contributed by atoms with Gasteiger partial charge in [0.25, 0.3) is 0 Å². The summed E-state index contributed by atoms with van der Waals surface area (Å²) in [4.78, 5) is 0. The van der Waals surface area contributed by atoms with Crippen LogP contribution in [0.5, 0.6) is 0 Å². The largest absolute Gasteiger partial charge is 0.0839 e. The molecule has 0 heterocycles. The molecule has 0 aromatic carbocycles. The minimum absolute atomic E-state index is 0.292. The van der Waals surface area contributed by atoms with Crippen molar-refractivity contribution in [2.75, 3.05) is 0 Å². The molecule has 3 rings (SSSR count). The SMILES string of the molecule is CC1C=CC=C(C2(C3=CCCC=C3)CCCCC2)C=C1. The fraction of sp³-hybridized carbons (Fsp3) is 0.500. The Morgan fingerprint density at radius 1 is 0.950 bits per heavy atom. The van der Waals surface area contributed by atoms with E-state index in [1.54, 1.807) is 5.57 Å². The van der Waals surface area contributed by atoms with Gasteiger partial charge < -0.3 is 0 Å². The van der Waals surface area contributed by atoms with Crippen molar-refractivity contribution in [1.82, 2.24) is 0 Å². The Morgan fingerprint density at radius 3 is 2.55 bits per heavy atom. The second-order valence-corrected chi connectivity index (χ2v) is 6.51. The van der Waals surface area contributed by atoms with Gasteiger partial charge in [0.05, 0.1) is 0 Å². The van der Waals surface area contributed by atoms with Crippen LogP contribution in [0, 0.1) is 11.3 Å². The lowest BCUT2D eigenvalue weighted by Crippen LogP contribution is -2.28. The molecule has 0 aromatic rings. The van der Waals surface area contributed by atoms with Crippen molar-refractivity contribution in [3.8, 4) is 0 Å². The second kappa shape index (κ2) is 5.99. The van der Waals surface area contributed by atoms with Crippen molar-refractivity contribution in [3.63, 3.8) is 0 Å². The minimum Gasteiger partial charge on any atom is -0.0839 e. The summed E-state index contributed by atoms with van der Waals surface area (Å²) >= 11 is 0. The number of allylic oxidation sites excluding steroid dienone is 10. The Hall–Kier alpha value is -1.30. The van der Waals surface area contributed by atoms with Crippen LogP contribution in [0.15, 0.2) is 59.8 Å². The molecule has 0 bridgehead atoms. The molecule has 1 fully saturated rings. The molecule has 1 saturated carbocycles. The molecule has 1 atom stereocenters. The Kier molecular flexibility index (Phi) is 4.10. The number of rotatable bonds is 2. The van der Waals surface area contributed by atoms with Gasteiger partial charge in [-0.25, -0.2) is 0 Å². The summed E-state index contributed by atoms with van der Waals surface area (Å²) in [5.41, 5.74) is 3.41. The van der Waals surface area contributed by atoms with Crippen molar-refractivity contribution in [2.24, 2.45) is 11.3 Å². The van der Waals surface area contributed by atoms with E-state index in [1.165, 1.54) is 50.5 Å². The highest BCUT2D eigenvalue weighted by atomic mass is 14.4. The predicted octanol–water partition coefficient (Wildman–Crippen LogP) is 5.90. The lowest BCUT2D eigenvalue weighted by Gasteiger charge is -2.41. The van der Waals surface area contributed by atoms with E-state index in [0.29, 0.717) is 11.3 Å². The summed E-state index contributed by atoms with van der Waals surface area (Å²) in [5.74, 6) is 0.556. The quantitative estimate of drug-likeness (QED) is 0.583. The Labute approximate surface area is 123 Å². The average molecular weight is 266 g/mol. The van der Waals surface area contributed by atoms with Gasteiger partial charge in [0.1, 0.15) is 0 Å². The molecule has 0 nitrogen and oxygen atoms in total. The van der Waals surface area contributed by atoms with Crippen LogP contribution in [-0.4, -0.2) is 0 Å². The van der Waals surface area contributed by atoms with Crippen LogP contribution in [0.2, 0.25) is 0 Å². The van der Waals surface area contributed by atoms with Crippen molar-refractivity contribution < 1.29 is 0 Å². The zero-order valence-electron chi connectivity index (χ0n) is 12.6. The Morgan fingerprint density at radius 2 is 1.80 bits per heavy atom. The van der Waals surface area contributed by atoms with Crippen LogP contribution in [0.3, 0.4) is 0 Å². The fourth-order valence-corrected chi connectivity index (χ4v) is 3.90. The van der Waals surface area contributed by atoms with Crippen LogP contribution in [0.1, 0.15) is 51.9 Å². The Bertz CT molecular complexity index is 490. The third-order valence-electron chi connectivity index (χ3n) is 5.08. The minimum atomic E-state index is 0.292.